The quantitative estimate of drug-likeness (QED) is 0.0264. The van der Waals surface area contributed by atoms with E-state index in [0.29, 0.717) is 6.42 Å². The summed E-state index contributed by atoms with van der Waals surface area (Å²) in [6, 6.07) is 0. The van der Waals surface area contributed by atoms with Gasteiger partial charge in [0.05, 0.1) is 13.2 Å². The van der Waals surface area contributed by atoms with Gasteiger partial charge in [0.1, 0.15) is 6.61 Å². The minimum atomic E-state index is -4.39. The fourth-order valence-electron chi connectivity index (χ4n) is 9.66. The highest BCUT2D eigenvalue weighted by Crippen LogP contribution is 2.43. The Balaban J connectivity index is 3.76. The Bertz CT molecular complexity index is 1520. The van der Waals surface area contributed by atoms with Gasteiger partial charge in [0.2, 0.25) is 0 Å². The maximum atomic E-state index is 12.7. The molecule has 2 unspecified atom stereocenters. The molecule has 0 fully saturated rings. The van der Waals surface area contributed by atoms with E-state index >= 15 is 0 Å². The van der Waals surface area contributed by atoms with Crippen LogP contribution in [0.5, 0.6) is 0 Å². The molecule has 0 heterocycles. The average molecular weight is 1130 g/mol. The number of phosphoric acid groups is 1. The number of nitrogens with two attached hydrogens (primary N) is 1. The summed E-state index contributed by atoms with van der Waals surface area (Å²) in [5.41, 5.74) is 5.39. The van der Waals surface area contributed by atoms with E-state index in [0.717, 1.165) is 77.0 Å². The molecule has 0 spiro atoms. The molecule has 0 aliphatic carbocycles. The van der Waals surface area contributed by atoms with Crippen molar-refractivity contribution in [3.05, 3.63) is 72.9 Å². The lowest BCUT2D eigenvalue weighted by Gasteiger charge is -2.19. The second-order valence-corrected chi connectivity index (χ2v) is 23.8. The topological polar surface area (TPSA) is 134 Å². The minimum Gasteiger partial charge on any atom is -0.462 e. The highest BCUT2D eigenvalue weighted by molar-refractivity contribution is 7.47. The van der Waals surface area contributed by atoms with E-state index in [2.05, 4.69) is 86.8 Å². The van der Waals surface area contributed by atoms with Crippen LogP contribution in [0.15, 0.2) is 72.9 Å². The number of hydrogen-bond donors (Lipinski definition) is 2. The van der Waals surface area contributed by atoms with Crippen molar-refractivity contribution in [1.82, 2.24) is 0 Å². The molecule has 0 aromatic carbocycles. The van der Waals surface area contributed by atoms with Crippen LogP contribution in [0.25, 0.3) is 0 Å². The first kappa shape index (κ1) is 76.5. The molecule has 0 aliphatic heterocycles. The summed E-state index contributed by atoms with van der Waals surface area (Å²) in [5, 5.41) is 0. The Morgan fingerprint density at radius 2 is 0.696 bits per heavy atom. The number of carbonyl (C=O) groups excluding carboxylic acids is 2. The number of hydrogen-bond acceptors (Lipinski definition) is 8. The molecule has 0 aliphatic rings. The summed E-state index contributed by atoms with van der Waals surface area (Å²) >= 11 is 0. The lowest BCUT2D eigenvalue weighted by atomic mass is 10.0. The zero-order valence-corrected chi connectivity index (χ0v) is 52.5. The smallest absolute Gasteiger partial charge is 0.462 e. The largest absolute Gasteiger partial charge is 0.472 e. The molecule has 2 atom stereocenters. The number of phosphoric ester groups is 1. The van der Waals surface area contributed by atoms with Gasteiger partial charge in [-0.3, -0.25) is 18.6 Å². The fourth-order valence-corrected chi connectivity index (χ4v) is 10.4. The lowest BCUT2D eigenvalue weighted by molar-refractivity contribution is -0.161. The van der Waals surface area contributed by atoms with E-state index in [1.807, 2.05) is 0 Å². The summed E-state index contributed by atoms with van der Waals surface area (Å²) in [5.74, 6) is -0.829. The second kappa shape index (κ2) is 64.6. The van der Waals surface area contributed by atoms with Crippen molar-refractivity contribution in [2.45, 2.75) is 328 Å². The number of allylic oxidation sites excluding steroid dienone is 12. The Morgan fingerprint density at radius 1 is 0.392 bits per heavy atom. The van der Waals surface area contributed by atoms with E-state index in [-0.39, 0.29) is 38.6 Å². The van der Waals surface area contributed by atoms with Crippen LogP contribution in [0, 0.1) is 0 Å². The van der Waals surface area contributed by atoms with Crippen molar-refractivity contribution >= 4 is 19.8 Å². The molecule has 460 valence electrons. The van der Waals surface area contributed by atoms with Crippen LogP contribution in [0.1, 0.15) is 322 Å². The molecule has 0 saturated heterocycles. The Morgan fingerprint density at radius 3 is 1.04 bits per heavy atom. The zero-order valence-electron chi connectivity index (χ0n) is 51.6. The van der Waals surface area contributed by atoms with Crippen LogP contribution in [0.3, 0.4) is 0 Å². The predicted molar refractivity (Wildman–Crippen MR) is 339 cm³/mol. The van der Waals surface area contributed by atoms with Crippen LogP contribution in [0.2, 0.25) is 0 Å². The SMILES string of the molecule is CC/C=C\C/C=C\C/C=C\CCCCCCCCCC(=O)OCC(COP(=O)(O)OCCN)OC(=O)CCCCCCCCCCCCCCCCCCCCCCCCCCCC/C=C\C/C=C\C/C=C\CCCCCCC. The minimum absolute atomic E-state index is 0.0513. The van der Waals surface area contributed by atoms with Crippen molar-refractivity contribution in [3.63, 3.8) is 0 Å². The summed E-state index contributed by atoms with van der Waals surface area (Å²) in [7, 11) is -4.39. The molecule has 10 heteroatoms. The van der Waals surface area contributed by atoms with Crippen molar-refractivity contribution in [2.75, 3.05) is 26.4 Å². The summed E-state index contributed by atoms with van der Waals surface area (Å²) < 4.78 is 33.1. The summed E-state index contributed by atoms with van der Waals surface area (Å²) in [6.07, 6.45) is 84.4. The van der Waals surface area contributed by atoms with Crippen LogP contribution in [-0.4, -0.2) is 49.3 Å². The molecule has 0 rings (SSSR count). The maximum Gasteiger partial charge on any atom is 0.472 e. The van der Waals surface area contributed by atoms with Crippen molar-refractivity contribution in [1.29, 1.82) is 0 Å². The van der Waals surface area contributed by atoms with Gasteiger partial charge >= 0.3 is 19.8 Å². The fraction of sp³-hybridized carbons (Fsp3) is 0.797. The Hall–Kier alpha value is -2.55. The zero-order chi connectivity index (χ0) is 57.3. The maximum absolute atomic E-state index is 12.7. The van der Waals surface area contributed by atoms with Gasteiger partial charge in [-0.1, -0.05) is 299 Å². The van der Waals surface area contributed by atoms with Gasteiger partial charge in [-0.15, -0.1) is 0 Å². The molecule has 0 saturated carbocycles. The molecule has 0 amide bonds. The lowest BCUT2D eigenvalue weighted by Crippen LogP contribution is -2.29. The molecule has 0 aromatic heterocycles. The highest BCUT2D eigenvalue weighted by atomic mass is 31.2. The molecule has 79 heavy (non-hydrogen) atoms. The standard InChI is InChI=1S/C69H126NO8P/c1-3-5-7-9-11-13-15-17-19-21-22-23-24-25-26-27-28-29-30-31-32-33-34-35-36-37-38-39-40-41-42-43-44-46-48-50-52-54-56-58-60-62-69(72)78-67(66-77-79(73,74)76-64-63-70)65-75-68(71)61-59-57-55-53-51-49-47-45-20-18-16-14-12-10-8-6-4-2/h6,8,12,14-15,17-18,20-22,24-25,67H,3-5,7,9-11,13,16,19,23,26-66,70H2,1-2H3,(H,73,74)/b8-6-,14-12-,17-15-,20-18-,22-21-,25-24-. The van der Waals surface area contributed by atoms with Crippen LogP contribution < -0.4 is 5.73 Å². The highest BCUT2D eigenvalue weighted by Gasteiger charge is 2.26. The molecule has 9 nitrogen and oxygen atoms in total. The van der Waals surface area contributed by atoms with E-state index in [1.165, 1.54) is 212 Å². The van der Waals surface area contributed by atoms with E-state index in [1.54, 1.807) is 0 Å². The van der Waals surface area contributed by atoms with Crippen molar-refractivity contribution < 1.29 is 37.6 Å². The Labute approximate surface area is 488 Å². The number of carbonyl (C=O) groups is 2. The van der Waals surface area contributed by atoms with E-state index in [9.17, 15) is 19.0 Å². The monoisotopic (exact) mass is 1130 g/mol. The number of esters is 2. The van der Waals surface area contributed by atoms with Crippen molar-refractivity contribution in [2.24, 2.45) is 5.73 Å². The molecule has 3 N–H and O–H groups in total. The first-order valence-electron chi connectivity index (χ1n) is 33.4. The Kier molecular flexibility index (Phi) is 62.5. The third-order valence-electron chi connectivity index (χ3n) is 14.6. The molecule has 0 bridgehead atoms. The van der Waals surface area contributed by atoms with Crippen molar-refractivity contribution in [3.8, 4) is 0 Å². The summed E-state index contributed by atoms with van der Waals surface area (Å²) in [4.78, 5) is 35.2. The van der Waals surface area contributed by atoms with Crippen LogP contribution in [0.4, 0.5) is 0 Å². The number of rotatable bonds is 63. The van der Waals surface area contributed by atoms with Crippen LogP contribution in [-0.2, 0) is 32.7 Å². The van der Waals surface area contributed by atoms with E-state index in [4.69, 9.17) is 24.3 Å². The molecular formula is C69H126NO8P. The molecule has 0 aromatic rings. The van der Waals surface area contributed by atoms with Gasteiger partial charge in [0, 0.05) is 19.4 Å². The first-order valence-corrected chi connectivity index (χ1v) is 34.9. The third kappa shape index (κ3) is 64.5. The van der Waals surface area contributed by atoms with E-state index < -0.39 is 26.5 Å². The predicted octanol–water partition coefficient (Wildman–Crippen LogP) is 21.6. The van der Waals surface area contributed by atoms with Gasteiger partial charge in [-0.25, -0.2) is 4.57 Å². The average Bonchev–Trinajstić information content (AvgIpc) is 3.44. The van der Waals surface area contributed by atoms with Gasteiger partial charge in [-0.2, -0.15) is 0 Å². The number of unbranched alkanes of at least 4 members (excludes halogenated alkanes) is 38. The molecular weight excluding hydrogens is 1000 g/mol. The summed E-state index contributed by atoms with van der Waals surface area (Å²) in [6.45, 7) is 3.64. The normalized spacial score (nSPS) is 13.4. The third-order valence-corrected chi connectivity index (χ3v) is 15.6. The number of ether oxygens (including phenoxy) is 2. The molecule has 0 radical (unpaired) electrons. The second-order valence-electron chi connectivity index (χ2n) is 22.3. The van der Waals surface area contributed by atoms with Gasteiger partial charge in [-0.05, 0) is 83.5 Å². The van der Waals surface area contributed by atoms with Gasteiger partial charge in [0.15, 0.2) is 6.10 Å². The van der Waals surface area contributed by atoms with Crippen LogP contribution >= 0.6 is 7.82 Å². The first-order chi connectivity index (χ1) is 38.8. The van der Waals surface area contributed by atoms with Gasteiger partial charge < -0.3 is 20.1 Å². The van der Waals surface area contributed by atoms with Gasteiger partial charge in [0.25, 0.3) is 0 Å².